The molecule has 0 aliphatic carbocycles. The van der Waals surface area contributed by atoms with E-state index in [2.05, 4.69) is 20.1 Å². The number of nitrogen functional groups attached to an aromatic ring is 1. The van der Waals surface area contributed by atoms with Gasteiger partial charge in [-0.15, -0.1) is 0 Å². The third-order valence-corrected chi connectivity index (χ3v) is 5.11. The molecule has 0 amide bonds. The highest BCUT2D eigenvalue weighted by atomic mass is 32.2. The SMILES string of the molecule is Cc1ccc(S(=O)(=O)NC(F)C(F)F)cc1-c1cnc(N)c(-n2cncn2)n1. The first-order chi connectivity index (χ1) is 13.2. The van der Waals surface area contributed by atoms with Crippen molar-refractivity contribution in [3.05, 3.63) is 42.6 Å². The molecule has 3 N–H and O–H groups in total. The summed E-state index contributed by atoms with van der Waals surface area (Å²) in [5.74, 6) is 0.233. The zero-order valence-corrected chi connectivity index (χ0v) is 15.1. The first-order valence-electron chi connectivity index (χ1n) is 7.72. The summed E-state index contributed by atoms with van der Waals surface area (Å²) in [6.07, 6.45) is -2.57. The molecule has 0 aliphatic rings. The Hall–Kier alpha value is -3.06. The van der Waals surface area contributed by atoms with E-state index in [4.69, 9.17) is 5.73 Å². The van der Waals surface area contributed by atoms with Gasteiger partial charge in [-0.1, -0.05) is 6.07 Å². The molecular formula is C15H14F3N7O2S. The maximum Gasteiger partial charge on any atom is 0.283 e. The molecule has 0 fully saturated rings. The first-order valence-corrected chi connectivity index (χ1v) is 9.20. The Kier molecular flexibility index (Phi) is 5.29. The zero-order chi connectivity index (χ0) is 20.5. The third kappa shape index (κ3) is 3.94. The summed E-state index contributed by atoms with van der Waals surface area (Å²) in [7, 11) is -4.52. The fourth-order valence-corrected chi connectivity index (χ4v) is 3.37. The van der Waals surface area contributed by atoms with Crippen LogP contribution in [-0.2, 0) is 10.0 Å². The lowest BCUT2D eigenvalue weighted by Gasteiger charge is -2.13. The Morgan fingerprint density at radius 2 is 2.00 bits per heavy atom. The maximum absolute atomic E-state index is 13.2. The molecule has 0 saturated heterocycles. The van der Waals surface area contributed by atoms with E-state index in [1.54, 1.807) is 6.92 Å². The van der Waals surface area contributed by atoms with Gasteiger partial charge in [0.2, 0.25) is 16.3 Å². The molecular weight excluding hydrogens is 399 g/mol. The molecule has 148 valence electrons. The van der Waals surface area contributed by atoms with Gasteiger partial charge in [0.05, 0.1) is 16.8 Å². The third-order valence-electron chi connectivity index (χ3n) is 3.70. The van der Waals surface area contributed by atoms with Crippen LogP contribution < -0.4 is 10.5 Å². The van der Waals surface area contributed by atoms with Gasteiger partial charge in [0.1, 0.15) is 12.7 Å². The summed E-state index contributed by atoms with van der Waals surface area (Å²) in [5.41, 5.74) is 7.00. The van der Waals surface area contributed by atoms with E-state index >= 15 is 0 Å². The van der Waals surface area contributed by atoms with Gasteiger partial charge < -0.3 is 5.73 Å². The van der Waals surface area contributed by atoms with Gasteiger partial charge in [0.15, 0.2) is 11.6 Å². The first kappa shape index (κ1) is 19.7. The molecule has 0 spiro atoms. The van der Waals surface area contributed by atoms with Gasteiger partial charge in [-0.05, 0) is 24.6 Å². The fourth-order valence-electron chi connectivity index (χ4n) is 2.32. The molecule has 1 aromatic carbocycles. The Morgan fingerprint density at radius 1 is 1.25 bits per heavy atom. The molecule has 9 nitrogen and oxygen atoms in total. The number of anilines is 1. The second kappa shape index (κ2) is 7.52. The number of nitrogens with zero attached hydrogens (tertiary/aromatic N) is 5. The topological polar surface area (TPSA) is 129 Å². The monoisotopic (exact) mass is 413 g/mol. The summed E-state index contributed by atoms with van der Waals surface area (Å²) in [6.45, 7) is 1.68. The zero-order valence-electron chi connectivity index (χ0n) is 14.3. The average molecular weight is 413 g/mol. The molecule has 0 bridgehead atoms. The molecule has 0 radical (unpaired) electrons. The molecule has 0 saturated carbocycles. The fraction of sp³-hybridized carbons (Fsp3) is 0.200. The molecule has 28 heavy (non-hydrogen) atoms. The van der Waals surface area contributed by atoms with E-state index in [0.29, 0.717) is 11.1 Å². The van der Waals surface area contributed by atoms with Gasteiger partial charge in [0.25, 0.3) is 6.43 Å². The normalized spacial score (nSPS) is 13.0. The van der Waals surface area contributed by atoms with Crippen molar-refractivity contribution in [3.8, 4) is 17.1 Å². The number of benzene rings is 1. The summed E-state index contributed by atoms with van der Waals surface area (Å²) in [4.78, 5) is 11.7. The van der Waals surface area contributed by atoms with Crippen molar-refractivity contribution in [1.29, 1.82) is 0 Å². The number of halogens is 3. The second-order valence-electron chi connectivity index (χ2n) is 5.64. The van der Waals surface area contributed by atoms with Crippen molar-refractivity contribution >= 4 is 15.8 Å². The van der Waals surface area contributed by atoms with E-state index in [1.165, 1.54) is 46.5 Å². The van der Waals surface area contributed by atoms with Gasteiger partial charge >= 0.3 is 0 Å². The molecule has 2 heterocycles. The number of hydrogen-bond acceptors (Lipinski definition) is 7. The van der Waals surface area contributed by atoms with E-state index in [1.807, 2.05) is 0 Å². The van der Waals surface area contributed by atoms with E-state index < -0.39 is 27.6 Å². The number of sulfonamides is 1. The number of rotatable bonds is 6. The van der Waals surface area contributed by atoms with Crippen LogP contribution in [0.15, 0.2) is 41.9 Å². The molecule has 1 unspecified atom stereocenters. The lowest BCUT2D eigenvalue weighted by Crippen LogP contribution is -2.36. The van der Waals surface area contributed by atoms with Crippen molar-refractivity contribution in [1.82, 2.24) is 29.5 Å². The predicted octanol–water partition coefficient (Wildman–Crippen LogP) is 1.45. The lowest BCUT2D eigenvalue weighted by atomic mass is 10.1. The van der Waals surface area contributed by atoms with Gasteiger partial charge in [-0.25, -0.2) is 36.5 Å². The van der Waals surface area contributed by atoms with Crippen LogP contribution in [0.5, 0.6) is 0 Å². The van der Waals surface area contributed by atoms with Crippen molar-refractivity contribution in [2.75, 3.05) is 5.73 Å². The number of hydrogen-bond donors (Lipinski definition) is 2. The van der Waals surface area contributed by atoms with Crippen molar-refractivity contribution in [2.24, 2.45) is 0 Å². The van der Waals surface area contributed by atoms with Crippen LogP contribution in [0.4, 0.5) is 19.0 Å². The largest absolute Gasteiger partial charge is 0.381 e. The summed E-state index contributed by atoms with van der Waals surface area (Å²) in [6, 6.07) is 3.79. The number of nitrogens with one attached hydrogen (secondary N) is 1. The molecule has 13 heteroatoms. The Balaban J connectivity index is 2.05. The Bertz CT molecular complexity index is 1090. The minimum Gasteiger partial charge on any atom is -0.381 e. The molecule has 2 aromatic heterocycles. The van der Waals surface area contributed by atoms with Crippen molar-refractivity contribution in [2.45, 2.75) is 24.5 Å². The number of aryl methyl sites for hydroxylation is 1. The second-order valence-corrected chi connectivity index (χ2v) is 7.35. The van der Waals surface area contributed by atoms with Crippen LogP contribution in [0.25, 0.3) is 17.1 Å². The minimum atomic E-state index is -4.52. The van der Waals surface area contributed by atoms with Crippen LogP contribution in [0.3, 0.4) is 0 Å². The highest BCUT2D eigenvalue weighted by Crippen LogP contribution is 2.26. The summed E-state index contributed by atoms with van der Waals surface area (Å²) < 4.78 is 64.8. The van der Waals surface area contributed by atoms with E-state index in [0.717, 1.165) is 0 Å². The Labute approximate surface area is 157 Å². The quantitative estimate of drug-likeness (QED) is 0.585. The summed E-state index contributed by atoms with van der Waals surface area (Å²) >= 11 is 0. The number of aromatic nitrogens is 5. The standard InChI is InChI=1S/C15H14F3N7O2S/c1-8-2-3-9(28(26,27)24-13(18)12(16)17)4-10(8)11-5-21-14(19)15(23-11)25-7-20-6-22-25/h2-7,12-13,24H,1H3,(H2,19,21). The van der Waals surface area contributed by atoms with Gasteiger partial charge in [-0.2, -0.15) is 14.5 Å². The average Bonchev–Trinajstić information content (AvgIpc) is 3.16. The van der Waals surface area contributed by atoms with Crippen LogP contribution in [0.2, 0.25) is 0 Å². The van der Waals surface area contributed by atoms with Gasteiger partial charge in [0, 0.05) is 5.56 Å². The maximum atomic E-state index is 13.2. The Morgan fingerprint density at radius 3 is 2.64 bits per heavy atom. The van der Waals surface area contributed by atoms with Crippen molar-refractivity contribution < 1.29 is 21.6 Å². The lowest BCUT2D eigenvalue weighted by molar-refractivity contribution is 0.0440. The van der Waals surface area contributed by atoms with Crippen LogP contribution in [0.1, 0.15) is 5.56 Å². The molecule has 3 aromatic rings. The number of nitrogens with two attached hydrogens (primary N) is 1. The smallest absolute Gasteiger partial charge is 0.283 e. The molecule has 0 aliphatic heterocycles. The van der Waals surface area contributed by atoms with Crippen LogP contribution in [0, 0.1) is 6.92 Å². The van der Waals surface area contributed by atoms with Crippen molar-refractivity contribution in [3.63, 3.8) is 0 Å². The number of alkyl halides is 3. The highest BCUT2D eigenvalue weighted by Gasteiger charge is 2.27. The molecule has 3 rings (SSSR count). The highest BCUT2D eigenvalue weighted by molar-refractivity contribution is 7.89. The van der Waals surface area contributed by atoms with E-state index in [-0.39, 0.29) is 17.3 Å². The predicted molar refractivity (Wildman–Crippen MR) is 92.8 cm³/mol. The molecule has 1 atom stereocenters. The van der Waals surface area contributed by atoms with E-state index in [9.17, 15) is 21.6 Å². The van der Waals surface area contributed by atoms with Gasteiger partial charge in [-0.3, -0.25) is 0 Å². The summed E-state index contributed by atoms with van der Waals surface area (Å²) in [5, 5.41) is 3.91. The van der Waals surface area contributed by atoms with Crippen LogP contribution in [-0.4, -0.2) is 45.9 Å². The van der Waals surface area contributed by atoms with Crippen LogP contribution >= 0.6 is 0 Å². The minimum absolute atomic E-state index is 0.0644.